The van der Waals surface area contributed by atoms with Gasteiger partial charge in [0.25, 0.3) is 0 Å². The standard InChI is InChI=1S/C11H15N3O/c12-7-10(15)5-6-14-11-4-2-1-3-9(11)8-13-14/h1-4,8,10,15H,5-7,12H2. The largest absolute Gasteiger partial charge is 0.392 e. The lowest BCUT2D eigenvalue weighted by atomic mass is 10.2. The van der Waals surface area contributed by atoms with Crippen LogP contribution in [0.5, 0.6) is 0 Å². The van der Waals surface area contributed by atoms with Gasteiger partial charge in [0, 0.05) is 18.5 Å². The summed E-state index contributed by atoms with van der Waals surface area (Å²) in [5, 5.41) is 14.8. The Hall–Kier alpha value is -1.39. The number of rotatable bonds is 4. The summed E-state index contributed by atoms with van der Waals surface area (Å²) >= 11 is 0. The first-order chi connectivity index (χ1) is 7.31. The van der Waals surface area contributed by atoms with Crippen LogP contribution in [0.25, 0.3) is 10.9 Å². The van der Waals surface area contributed by atoms with Crippen LogP contribution in [-0.2, 0) is 6.54 Å². The Bertz CT molecular complexity index is 438. The number of nitrogens with two attached hydrogens (primary N) is 1. The number of nitrogens with zero attached hydrogens (tertiary/aromatic N) is 2. The van der Waals surface area contributed by atoms with Gasteiger partial charge in [-0.05, 0) is 12.5 Å². The molecule has 4 nitrogen and oxygen atoms in total. The monoisotopic (exact) mass is 205 g/mol. The molecule has 1 atom stereocenters. The highest BCUT2D eigenvalue weighted by Crippen LogP contribution is 2.13. The fraction of sp³-hybridized carbons (Fsp3) is 0.364. The summed E-state index contributed by atoms with van der Waals surface area (Å²) in [5.41, 5.74) is 6.44. The lowest BCUT2D eigenvalue weighted by Crippen LogP contribution is -2.21. The molecule has 0 aliphatic rings. The van der Waals surface area contributed by atoms with Crippen LogP contribution in [0.4, 0.5) is 0 Å². The quantitative estimate of drug-likeness (QED) is 0.774. The predicted octanol–water partition coefficient (Wildman–Crippen LogP) is 0.746. The number of benzene rings is 1. The van der Waals surface area contributed by atoms with Crippen molar-refractivity contribution in [3.63, 3.8) is 0 Å². The van der Waals surface area contributed by atoms with Gasteiger partial charge in [-0.15, -0.1) is 0 Å². The van der Waals surface area contributed by atoms with E-state index in [1.807, 2.05) is 35.1 Å². The van der Waals surface area contributed by atoms with E-state index in [4.69, 9.17) is 5.73 Å². The molecule has 2 rings (SSSR count). The fourth-order valence-corrected chi connectivity index (χ4v) is 1.59. The van der Waals surface area contributed by atoms with Crippen molar-refractivity contribution in [2.75, 3.05) is 6.54 Å². The minimum atomic E-state index is -0.437. The SMILES string of the molecule is NCC(O)CCn1ncc2ccccc21. The molecule has 0 spiro atoms. The summed E-state index contributed by atoms with van der Waals surface area (Å²) < 4.78 is 1.90. The molecule has 1 aromatic heterocycles. The minimum Gasteiger partial charge on any atom is -0.392 e. The summed E-state index contributed by atoms with van der Waals surface area (Å²) in [6.45, 7) is 1.01. The number of para-hydroxylation sites is 1. The molecule has 0 radical (unpaired) electrons. The molecule has 0 fully saturated rings. The highest BCUT2D eigenvalue weighted by Gasteiger charge is 2.04. The Kier molecular flexibility index (Phi) is 2.99. The van der Waals surface area contributed by atoms with E-state index < -0.39 is 6.10 Å². The van der Waals surface area contributed by atoms with Gasteiger partial charge in [0.05, 0.1) is 17.8 Å². The van der Waals surface area contributed by atoms with Crippen molar-refractivity contribution in [1.82, 2.24) is 9.78 Å². The van der Waals surface area contributed by atoms with Crippen LogP contribution in [0.3, 0.4) is 0 Å². The highest BCUT2D eigenvalue weighted by atomic mass is 16.3. The smallest absolute Gasteiger partial charge is 0.0682 e. The molecule has 1 heterocycles. The third-order valence-electron chi connectivity index (χ3n) is 2.50. The van der Waals surface area contributed by atoms with E-state index in [9.17, 15) is 5.11 Å². The predicted molar refractivity (Wildman–Crippen MR) is 59.4 cm³/mol. The molecule has 0 aliphatic heterocycles. The van der Waals surface area contributed by atoms with Crippen molar-refractivity contribution in [3.8, 4) is 0 Å². The van der Waals surface area contributed by atoms with Gasteiger partial charge in [0.2, 0.25) is 0 Å². The van der Waals surface area contributed by atoms with E-state index in [0.717, 1.165) is 10.9 Å². The topological polar surface area (TPSA) is 64.1 Å². The molecule has 0 aliphatic carbocycles. The van der Waals surface area contributed by atoms with Crippen LogP contribution >= 0.6 is 0 Å². The van der Waals surface area contributed by atoms with Gasteiger partial charge in [-0.1, -0.05) is 18.2 Å². The van der Waals surface area contributed by atoms with Crippen LogP contribution in [0, 0.1) is 0 Å². The first-order valence-corrected chi connectivity index (χ1v) is 5.10. The first-order valence-electron chi connectivity index (χ1n) is 5.10. The number of aliphatic hydroxyl groups excluding tert-OH is 1. The second kappa shape index (κ2) is 4.42. The van der Waals surface area contributed by atoms with Crippen molar-refractivity contribution in [2.45, 2.75) is 19.1 Å². The molecule has 4 heteroatoms. The molecule has 0 saturated heterocycles. The van der Waals surface area contributed by atoms with Crippen LogP contribution in [0.15, 0.2) is 30.5 Å². The van der Waals surface area contributed by atoms with Crippen molar-refractivity contribution in [3.05, 3.63) is 30.5 Å². The lowest BCUT2D eigenvalue weighted by molar-refractivity contribution is 0.165. The van der Waals surface area contributed by atoms with E-state index in [1.165, 1.54) is 0 Å². The van der Waals surface area contributed by atoms with Crippen molar-refractivity contribution >= 4 is 10.9 Å². The van der Waals surface area contributed by atoms with Crippen LogP contribution in [-0.4, -0.2) is 27.5 Å². The number of hydrogen-bond donors (Lipinski definition) is 2. The average Bonchev–Trinajstić information content (AvgIpc) is 2.69. The lowest BCUT2D eigenvalue weighted by Gasteiger charge is -2.07. The zero-order valence-corrected chi connectivity index (χ0v) is 8.50. The third kappa shape index (κ3) is 2.16. The zero-order valence-electron chi connectivity index (χ0n) is 8.50. The summed E-state index contributed by atoms with van der Waals surface area (Å²) in [5.74, 6) is 0. The van der Waals surface area contributed by atoms with E-state index in [0.29, 0.717) is 19.5 Å². The zero-order chi connectivity index (χ0) is 10.7. The number of aromatic nitrogens is 2. The molecule has 0 amide bonds. The van der Waals surface area contributed by atoms with Gasteiger partial charge in [0.15, 0.2) is 0 Å². The minimum absolute atomic E-state index is 0.305. The van der Waals surface area contributed by atoms with E-state index in [2.05, 4.69) is 5.10 Å². The summed E-state index contributed by atoms with van der Waals surface area (Å²) in [7, 11) is 0. The number of hydrogen-bond acceptors (Lipinski definition) is 3. The van der Waals surface area contributed by atoms with Crippen LogP contribution in [0.2, 0.25) is 0 Å². The molecule has 0 saturated carbocycles. The Morgan fingerprint density at radius 1 is 1.40 bits per heavy atom. The van der Waals surface area contributed by atoms with Crippen molar-refractivity contribution in [1.29, 1.82) is 0 Å². The number of aryl methyl sites for hydroxylation is 1. The van der Waals surface area contributed by atoms with E-state index >= 15 is 0 Å². The molecule has 80 valence electrons. The normalized spacial score (nSPS) is 13.2. The Balaban J connectivity index is 2.14. The molecule has 15 heavy (non-hydrogen) atoms. The summed E-state index contributed by atoms with van der Waals surface area (Å²) in [4.78, 5) is 0. The summed E-state index contributed by atoms with van der Waals surface area (Å²) in [6, 6.07) is 8.03. The molecule has 1 aromatic carbocycles. The van der Waals surface area contributed by atoms with Gasteiger partial charge < -0.3 is 10.8 Å². The maximum atomic E-state index is 9.36. The first kappa shape index (κ1) is 10.1. The molecule has 0 bridgehead atoms. The van der Waals surface area contributed by atoms with Crippen LogP contribution < -0.4 is 5.73 Å². The van der Waals surface area contributed by atoms with Gasteiger partial charge in [0.1, 0.15) is 0 Å². The second-order valence-electron chi connectivity index (χ2n) is 3.60. The number of fused-ring (bicyclic) bond motifs is 1. The van der Waals surface area contributed by atoms with Gasteiger partial charge in [-0.25, -0.2) is 0 Å². The molecule has 1 unspecified atom stereocenters. The Labute approximate surface area is 88.3 Å². The van der Waals surface area contributed by atoms with Gasteiger partial charge in [-0.3, -0.25) is 4.68 Å². The van der Waals surface area contributed by atoms with Gasteiger partial charge in [-0.2, -0.15) is 5.10 Å². The average molecular weight is 205 g/mol. The van der Waals surface area contributed by atoms with Crippen molar-refractivity contribution < 1.29 is 5.11 Å². The fourth-order valence-electron chi connectivity index (χ4n) is 1.59. The van der Waals surface area contributed by atoms with Crippen LogP contribution in [0.1, 0.15) is 6.42 Å². The number of aliphatic hydroxyl groups is 1. The van der Waals surface area contributed by atoms with Crippen molar-refractivity contribution in [2.24, 2.45) is 5.73 Å². The molecular weight excluding hydrogens is 190 g/mol. The molecule has 2 aromatic rings. The Morgan fingerprint density at radius 2 is 2.20 bits per heavy atom. The molecule has 3 N–H and O–H groups in total. The summed E-state index contributed by atoms with van der Waals surface area (Å²) in [6.07, 6.45) is 2.04. The second-order valence-corrected chi connectivity index (χ2v) is 3.60. The maximum Gasteiger partial charge on any atom is 0.0682 e. The van der Waals surface area contributed by atoms with Gasteiger partial charge >= 0.3 is 0 Å². The Morgan fingerprint density at radius 3 is 3.00 bits per heavy atom. The highest BCUT2D eigenvalue weighted by molar-refractivity contribution is 5.78. The van der Waals surface area contributed by atoms with E-state index in [-0.39, 0.29) is 0 Å². The molecular formula is C11H15N3O. The third-order valence-corrected chi connectivity index (χ3v) is 2.50. The maximum absolute atomic E-state index is 9.36. The van der Waals surface area contributed by atoms with E-state index in [1.54, 1.807) is 0 Å².